The van der Waals surface area contributed by atoms with E-state index in [2.05, 4.69) is 4.72 Å². The third-order valence-electron chi connectivity index (χ3n) is 4.95. The highest BCUT2D eigenvalue weighted by Gasteiger charge is 2.18. The number of rotatable bonds is 10. The smallest absolute Gasteiger partial charge is 0.336 e. The monoisotopic (exact) mass is 459 g/mol. The van der Waals surface area contributed by atoms with Gasteiger partial charge in [-0.1, -0.05) is 37.3 Å². The van der Waals surface area contributed by atoms with Gasteiger partial charge in [-0.05, 0) is 65.9 Å². The Labute approximate surface area is 188 Å². The number of aromatic carboxylic acids is 1. The van der Waals surface area contributed by atoms with Crippen LogP contribution in [0.15, 0.2) is 71.6 Å². The first-order chi connectivity index (χ1) is 15.3. The van der Waals surface area contributed by atoms with Gasteiger partial charge in [0.15, 0.2) is 0 Å². The number of halogens is 1. The Morgan fingerprint density at radius 3 is 2.31 bits per heavy atom. The van der Waals surface area contributed by atoms with Crippen LogP contribution in [0, 0.1) is 5.82 Å². The molecule has 0 aliphatic carbocycles. The van der Waals surface area contributed by atoms with Gasteiger partial charge >= 0.3 is 5.97 Å². The summed E-state index contributed by atoms with van der Waals surface area (Å²) < 4.78 is 46.2. The first-order valence-electron chi connectivity index (χ1n) is 10.1. The minimum atomic E-state index is -3.83. The van der Waals surface area contributed by atoms with Crippen molar-refractivity contribution in [3.8, 4) is 5.75 Å². The molecule has 0 amide bonds. The lowest BCUT2D eigenvalue weighted by Gasteiger charge is -2.10. The molecule has 0 aromatic heterocycles. The molecular weight excluding hydrogens is 433 g/mol. The predicted molar refractivity (Wildman–Crippen MR) is 121 cm³/mol. The van der Waals surface area contributed by atoms with E-state index in [1.165, 1.54) is 30.3 Å². The Balaban J connectivity index is 0.00000385. The van der Waals surface area contributed by atoms with Crippen LogP contribution in [0.25, 0.3) is 0 Å². The number of nitrogens with one attached hydrogen (secondary N) is 1. The van der Waals surface area contributed by atoms with Crippen LogP contribution in [-0.2, 0) is 29.5 Å². The number of hydrogen-bond acceptors (Lipinski definition) is 4. The molecule has 32 heavy (non-hydrogen) atoms. The summed E-state index contributed by atoms with van der Waals surface area (Å²) in [5, 5.41) is 9.31. The maximum Gasteiger partial charge on any atom is 0.336 e. The van der Waals surface area contributed by atoms with E-state index in [1.807, 2.05) is 19.1 Å². The van der Waals surface area contributed by atoms with Gasteiger partial charge in [0, 0.05) is 7.97 Å². The summed E-state index contributed by atoms with van der Waals surface area (Å²) in [7, 11) is -3.83. The van der Waals surface area contributed by atoms with Crippen molar-refractivity contribution in [3.05, 3.63) is 94.8 Å². The van der Waals surface area contributed by atoms with Crippen molar-refractivity contribution in [1.82, 2.24) is 4.72 Å². The second-order valence-electron chi connectivity index (χ2n) is 7.18. The van der Waals surface area contributed by atoms with Gasteiger partial charge in [-0.25, -0.2) is 22.3 Å². The summed E-state index contributed by atoms with van der Waals surface area (Å²) in [6, 6.07) is 17.5. The molecule has 3 aromatic carbocycles. The van der Waals surface area contributed by atoms with Crippen molar-refractivity contribution >= 4 is 16.0 Å². The molecule has 0 bridgehead atoms. The zero-order valence-corrected chi connectivity index (χ0v) is 18.4. The summed E-state index contributed by atoms with van der Waals surface area (Å²) in [6.45, 7) is 2.29. The standard InChI is InChI=1S/C24H24FNO5S.H2/c1-2-19-7-12-22(15-23(19)24(27)28)32(29,30)26-14-13-17-5-10-21(11-6-17)31-16-18-3-8-20(25)9-4-18;/h3-12,15,26H,2,13-14,16H2,1H3,(H,27,28);1H. The Hall–Kier alpha value is -3.23. The highest BCUT2D eigenvalue weighted by molar-refractivity contribution is 7.89. The first-order valence-corrected chi connectivity index (χ1v) is 11.6. The molecule has 0 spiro atoms. The second-order valence-corrected chi connectivity index (χ2v) is 8.95. The van der Waals surface area contributed by atoms with Crippen LogP contribution in [0.4, 0.5) is 4.39 Å². The molecule has 3 rings (SSSR count). The highest BCUT2D eigenvalue weighted by Crippen LogP contribution is 2.18. The van der Waals surface area contributed by atoms with Gasteiger partial charge in [-0.3, -0.25) is 0 Å². The lowest BCUT2D eigenvalue weighted by Crippen LogP contribution is -2.26. The van der Waals surface area contributed by atoms with Crippen LogP contribution >= 0.6 is 0 Å². The van der Waals surface area contributed by atoms with Crippen LogP contribution < -0.4 is 9.46 Å². The van der Waals surface area contributed by atoms with Gasteiger partial charge in [0.1, 0.15) is 18.2 Å². The topological polar surface area (TPSA) is 92.7 Å². The van der Waals surface area contributed by atoms with E-state index in [-0.39, 0.29) is 24.2 Å². The number of sulfonamides is 1. The normalized spacial score (nSPS) is 11.3. The fourth-order valence-electron chi connectivity index (χ4n) is 3.14. The van der Waals surface area contributed by atoms with Crippen molar-refractivity contribution in [2.75, 3.05) is 6.54 Å². The second kappa shape index (κ2) is 10.4. The summed E-state index contributed by atoms with van der Waals surface area (Å²) in [6.07, 6.45) is 0.954. The molecule has 170 valence electrons. The molecule has 6 nitrogen and oxygen atoms in total. The third-order valence-corrected chi connectivity index (χ3v) is 6.41. The summed E-state index contributed by atoms with van der Waals surface area (Å²) >= 11 is 0. The molecule has 0 saturated heterocycles. The molecule has 0 fully saturated rings. The fraction of sp³-hybridized carbons (Fsp3) is 0.208. The van der Waals surface area contributed by atoms with E-state index in [0.717, 1.165) is 11.1 Å². The van der Waals surface area contributed by atoms with Crippen molar-refractivity contribution in [1.29, 1.82) is 0 Å². The summed E-state index contributed by atoms with van der Waals surface area (Å²) in [5.41, 5.74) is 2.34. The largest absolute Gasteiger partial charge is 0.489 e. The third kappa shape index (κ3) is 6.15. The van der Waals surface area contributed by atoms with E-state index < -0.39 is 16.0 Å². The van der Waals surface area contributed by atoms with Gasteiger partial charge in [-0.15, -0.1) is 0 Å². The zero-order valence-electron chi connectivity index (χ0n) is 17.5. The van der Waals surface area contributed by atoms with Crippen molar-refractivity contribution in [2.45, 2.75) is 31.3 Å². The lowest BCUT2D eigenvalue weighted by atomic mass is 10.1. The molecular formula is C24H26FNO5S. The molecule has 0 radical (unpaired) electrons. The van der Waals surface area contributed by atoms with Gasteiger partial charge in [0.05, 0.1) is 10.5 Å². The SMILES string of the molecule is CCc1ccc(S(=O)(=O)NCCc2ccc(OCc3ccc(F)cc3)cc2)cc1C(=O)O.[HH]. The average Bonchev–Trinajstić information content (AvgIpc) is 2.79. The Bertz CT molecular complexity index is 1180. The van der Waals surface area contributed by atoms with Crippen molar-refractivity contribution in [2.24, 2.45) is 0 Å². The Morgan fingerprint density at radius 2 is 1.69 bits per heavy atom. The van der Waals surface area contributed by atoms with E-state index in [0.29, 0.717) is 30.8 Å². The maximum atomic E-state index is 12.9. The molecule has 0 unspecified atom stereocenters. The van der Waals surface area contributed by atoms with Crippen LogP contribution in [0.5, 0.6) is 5.75 Å². The van der Waals surface area contributed by atoms with Crippen LogP contribution in [-0.4, -0.2) is 26.0 Å². The summed E-state index contributed by atoms with van der Waals surface area (Å²) in [5.74, 6) is -0.800. The van der Waals surface area contributed by atoms with Crippen LogP contribution in [0.1, 0.15) is 35.4 Å². The molecule has 0 saturated carbocycles. The molecule has 0 aliphatic rings. The van der Waals surface area contributed by atoms with Gasteiger partial charge < -0.3 is 9.84 Å². The minimum Gasteiger partial charge on any atom is -0.489 e. The molecule has 0 heterocycles. The Morgan fingerprint density at radius 1 is 1.03 bits per heavy atom. The van der Waals surface area contributed by atoms with Crippen molar-refractivity contribution < 1.29 is 28.9 Å². The quantitative estimate of drug-likeness (QED) is 0.468. The fourth-order valence-corrected chi connectivity index (χ4v) is 4.20. The van der Waals surface area contributed by atoms with Gasteiger partial charge in [-0.2, -0.15) is 0 Å². The number of hydrogen-bond donors (Lipinski definition) is 2. The first kappa shape index (κ1) is 23.4. The van der Waals surface area contributed by atoms with Crippen LogP contribution in [0.2, 0.25) is 0 Å². The minimum absolute atomic E-state index is 0. The number of benzene rings is 3. The zero-order chi connectivity index (χ0) is 23.1. The van der Waals surface area contributed by atoms with E-state index in [1.54, 1.807) is 24.3 Å². The average molecular weight is 460 g/mol. The van der Waals surface area contributed by atoms with E-state index in [4.69, 9.17) is 4.74 Å². The van der Waals surface area contributed by atoms with Crippen LogP contribution in [0.3, 0.4) is 0 Å². The van der Waals surface area contributed by atoms with E-state index >= 15 is 0 Å². The van der Waals surface area contributed by atoms with Gasteiger partial charge in [0.2, 0.25) is 10.0 Å². The Kier molecular flexibility index (Phi) is 7.61. The maximum absolute atomic E-state index is 12.9. The number of aryl methyl sites for hydroxylation is 1. The number of carboxylic acids is 1. The molecule has 0 atom stereocenters. The molecule has 0 aliphatic heterocycles. The highest BCUT2D eigenvalue weighted by atomic mass is 32.2. The van der Waals surface area contributed by atoms with E-state index in [9.17, 15) is 22.7 Å². The number of ether oxygens (including phenoxy) is 1. The van der Waals surface area contributed by atoms with Crippen molar-refractivity contribution in [3.63, 3.8) is 0 Å². The molecule has 8 heteroatoms. The molecule has 3 aromatic rings. The molecule has 2 N–H and O–H groups in total. The summed E-state index contributed by atoms with van der Waals surface area (Å²) in [4.78, 5) is 11.3. The number of carbonyl (C=O) groups is 1. The predicted octanol–water partition coefficient (Wildman–Crippen LogP) is 4.43. The van der Waals surface area contributed by atoms with Gasteiger partial charge in [0.25, 0.3) is 0 Å². The lowest BCUT2D eigenvalue weighted by molar-refractivity contribution is 0.0695. The number of carboxylic acid groups (broad SMARTS) is 1.